The van der Waals surface area contributed by atoms with E-state index in [9.17, 15) is 4.46 Å². The smallest absolute Gasteiger partial charge is 0.388 e. The van der Waals surface area contributed by atoms with Crippen LogP contribution in [0, 0.1) is 0 Å². The molecule has 0 saturated heterocycles. The number of halogens is 2. The normalized spacial score (nSPS) is 4.25. The van der Waals surface area contributed by atoms with E-state index in [1.54, 1.807) is 13.6 Å². The quantitative estimate of drug-likeness (QED) is 0.642. The van der Waals surface area contributed by atoms with Gasteiger partial charge in [0.25, 0.3) is 0 Å². The molecule has 0 atom stereocenters. The Labute approximate surface area is 78.3 Å². The molecule has 0 radical (unpaired) electrons. The summed E-state index contributed by atoms with van der Waals surface area (Å²) in [7, 11) is 0.308. The zero-order valence-corrected chi connectivity index (χ0v) is 8.92. The van der Waals surface area contributed by atoms with Crippen molar-refractivity contribution in [2.24, 2.45) is 0 Å². The van der Waals surface area contributed by atoms with Gasteiger partial charge in [0, 0.05) is 21.7 Å². The molecule has 0 aromatic heterocycles. The fraction of sp³-hybridized carbons (Fsp3) is 1.00. The third kappa shape index (κ3) is 27.4. The van der Waals surface area contributed by atoms with Crippen LogP contribution in [-0.4, -0.2) is 15.9 Å². The summed E-state index contributed by atoms with van der Waals surface area (Å²) in [5, 5.41) is 0. The fourth-order valence-electron chi connectivity index (χ4n) is 0. The predicted molar refractivity (Wildman–Crippen MR) is 35.9 cm³/mol. The van der Waals surface area contributed by atoms with E-state index >= 15 is 0 Å². The van der Waals surface area contributed by atoms with Crippen molar-refractivity contribution in [3.8, 4) is 0 Å². The number of hydrogen-bond donors (Lipinski definition) is 1. The maximum atomic E-state index is 9.89. The van der Waals surface area contributed by atoms with Crippen molar-refractivity contribution >= 4 is 33.7 Å². The maximum Gasteiger partial charge on any atom is 0.388 e. The van der Waals surface area contributed by atoms with Gasteiger partial charge in [0.1, 0.15) is 0 Å². The Morgan fingerprint density at radius 2 is 1.50 bits per heavy atom. The zero-order chi connectivity index (χ0) is 4.28. The van der Waals surface area contributed by atoms with Crippen LogP contribution in [0.25, 0.3) is 0 Å². The first kappa shape index (κ1) is 22.9. The molecule has 0 saturated carbocycles. The van der Waals surface area contributed by atoms with Crippen LogP contribution in [0.5, 0.6) is 0 Å². The summed E-state index contributed by atoms with van der Waals surface area (Å²) in [4.78, 5) is 2.57. The topological polar surface area (TPSA) is 29.1 Å². The molecule has 0 aromatic rings. The fourth-order valence-corrected chi connectivity index (χ4v) is 0. The SMILES string of the molecule is CN[Si](C)=O.Cl.Cl.[Ti]. The van der Waals surface area contributed by atoms with Gasteiger partial charge < -0.3 is 9.44 Å². The Hall–Kier alpha value is 1.11. The van der Waals surface area contributed by atoms with Gasteiger partial charge in [-0.05, 0) is 13.6 Å². The summed E-state index contributed by atoms with van der Waals surface area (Å²) in [6.07, 6.45) is 0. The second kappa shape index (κ2) is 15.7. The van der Waals surface area contributed by atoms with Gasteiger partial charge in [0.2, 0.25) is 0 Å². The van der Waals surface area contributed by atoms with E-state index in [-0.39, 0.29) is 46.5 Å². The molecule has 0 aliphatic carbocycles. The molecular weight excluding hydrogens is 201 g/mol. The Morgan fingerprint density at radius 3 is 1.50 bits per heavy atom. The second-order valence-electron chi connectivity index (χ2n) is 0.806. The summed E-state index contributed by atoms with van der Waals surface area (Å²) in [6.45, 7) is 1.66. The first-order valence-corrected chi connectivity index (χ1v) is 3.36. The van der Waals surface area contributed by atoms with Crippen LogP contribution in [-0.2, 0) is 26.2 Å². The molecule has 0 fully saturated rings. The van der Waals surface area contributed by atoms with Gasteiger partial charge >= 0.3 is 8.84 Å². The van der Waals surface area contributed by atoms with Gasteiger partial charge in [0.15, 0.2) is 0 Å². The van der Waals surface area contributed by atoms with Crippen LogP contribution in [0.3, 0.4) is 0 Å². The minimum absolute atomic E-state index is 0. The second-order valence-corrected chi connectivity index (χ2v) is 2.42. The van der Waals surface area contributed by atoms with Crippen molar-refractivity contribution in [2.75, 3.05) is 7.05 Å². The standard InChI is InChI=1S/C2H7NOSi.2ClH.Ti/c1-3-5(2)4;;;/h3H,1-2H3;2*1H;. The molecule has 6 heteroatoms. The van der Waals surface area contributed by atoms with Gasteiger partial charge in [-0.1, -0.05) is 0 Å². The van der Waals surface area contributed by atoms with E-state index in [0.29, 0.717) is 0 Å². The van der Waals surface area contributed by atoms with Crippen LogP contribution in [0.4, 0.5) is 0 Å². The van der Waals surface area contributed by atoms with Crippen LogP contribution >= 0.6 is 24.8 Å². The number of hydrogen-bond acceptors (Lipinski definition) is 1. The van der Waals surface area contributed by atoms with E-state index in [2.05, 4.69) is 4.98 Å². The van der Waals surface area contributed by atoms with Gasteiger partial charge in [-0.2, -0.15) is 0 Å². The summed E-state index contributed by atoms with van der Waals surface area (Å²) < 4.78 is 9.89. The van der Waals surface area contributed by atoms with Crippen LogP contribution in [0.1, 0.15) is 0 Å². The van der Waals surface area contributed by atoms with E-state index < -0.39 is 8.84 Å². The van der Waals surface area contributed by atoms with Crippen LogP contribution in [0.2, 0.25) is 6.55 Å². The van der Waals surface area contributed by atoms with Gasteiger partial charge in [-0.25, -0.2) is 0 Å². The summed E-state index contributed by atoms with van der Waals surface area (Å²) in [5.41, 5.74) is 0. The van der Waals surface area contributed by atoms with Gasteiger partial charge in [0.05, 0.1) is 0 Å². The van der Waals surface area contributed by atoms with Crippen LogP contribution in [0.15, 0.2) is 0 Å². The van der Waals surface area contributed by atoms with E-state index in [1.165, 1.54) is 0 Å². The number of nitrogens with one attached hydrogen (secondary N) is 1. The summed E-state index contributed by atoms with van der Waals surface area (Å²) >= 11 is 0. The largest absolute Gasteiger partial charge is 0.393 e. The third-order valence-electron chi connectivity index (χ3n) is 0.352. The van der Waals surface area contributed by atoms with Crippen LogP contribution < -0.4 is 4.98 Å². The van der Waals surface area contributed by atoms with Crippen molar-refractivity contribution in [1.29, 1.82) is 0 Å². The van der Waals surface area contributed by atoms with Crippen molar-refractivity contribution < 1.29 is 26.2 Å². The Bertz CT molecular complexity index is 55.3. The Kier molecular flexibility index (Phi) is 45.0. The monoisotopic (exact) mass is 209 g/mol. The molecule has 0 heterocycles. The first-order chi connectivity index (χ1) is 2.27. The van der Waals surface area contributed by atoms with Crippen molar-refractivity contribution in [3.05, 3.63) is 0 Å². The molecular formula is C2H9Cl2NOSiTi. The van der Waals surface area contributed by atoms with Gasteiger partial charge in [-0.3, -0.25) is 0 Å². The minimum Gasteiger partial charge on any atom is -0.393 e. The van der Waals surface area contributed by atoms with E-state index in [1.807, 2.05) is 0 Å². The molecule has 2 nitrogen and oxygen atoms in total. The summed E-state index contributed by atoms with van der Waals surface area (Å²) in [6, 6.07) is 0. The van der Waals surface area contributed by atoms with Crippen molar-refractivity contribution in [2.45, 2.75) is 6.55 Å². The molecule has 0 aliphatic heterocycles. The molecule has 0 bridgehead atoms. The van der Waals surface area contributed by atoms with Gasteiger partial charge in [-0.15, -0.1) is 24.8 Å². The molecule has 50 valence electrons. The zero-order valence-electron chi connectivity index (χ0n) is 4.72. The molecule has 0 aromatic carbocycles. The van der Waals surface area contributed by atoms with E-state index in [4.69, 9.17) is 0 Å². The summed E-state index contributed by atoms with van der Waals surface area (Å²) in [5.74, 6) is 0. The van der Waals surface area contributed by atoms with Crippen molar-refractivity contribution in [3.63, 3.8) is 0 Å². The number of rotatable bonds is 1. The molecule has 0 amide bonds. The predicted octanol–water partition coefficient (Wildman–Crippen LogP) is 0.595. The van der Waals surface area contributed by atoms with Crippen molar-refractivity contribution in [1.82, 2.24) is 4.98 Å². The Morgan fingerprint density at radius 1 is 1.38 bits per heavy atom. The average Bonchev–Trinajstić information content (AvgIpc) is 1.38. The molecule has 0 spiro atoms. The molecule has 0 rings (SSSR count). The molecule has 0 unspecified atom stereocenters. The maximum absolute atomic E-state index is 9.89. The third-order valence-corrected chi connectivity index (χ3v) is 1.06. The van der Waals surface area contributed by atoms with E-state index in [0.717, 1.165) is 0 Å². The minimum atomic E-state index is -1.37. The Balaban J connectivity index is -0.0000000267. The molecule has 1 N–H and O–H groups in total. The molecule has 0 aliphatic rings. The molecule has 8 heavy (non-hydrogen) atoms. The average molecular weight is 210 g/mol. The first-order valence-electron chi connectivity index (χ1n) is 1.45.